The Morgan fingerprint density at radius 2 is 2.50 bits per heavy atom. The Hall–Kier alpha value is -0.590. The van der Waals surface area contributed by atoms with Crippen molar-refractivity contribution in [3.05, 3.63) is 10.2 Å². The molecule has 78 valence electrons. The lowest BCUT2D eigenvalue weighted by Crippen LogP contribution is -2.17. The average Bonchev–Trinajstić information content (AvgIpc) is 2.53. The number of aromatic nitrogens is 2. The van der Waals surface area contributed by atoms with Crippen LogP contribution in [0.4, 0.5) is 0 Å². The van der Waals surface area contributed by atoms with Gasteiger partial charge in [-0.1, -0.05) is 0 Å². The molecule has 1 unspecified atom stereocenters. The topological polar surface area (TPSA) is 73.3 Å². The van der Waals surface area contributed by atoms with Crippen LogP contribution >= 0.6 is 15.9 Å². The van der Waals surface area contributed by atoms with E-state index in [1.807, 2.05) is 0 Å². The second-order valence-corrected chi connectivity index (χ2v) is 3.94. The number of ether oxygens (including phenoxy) is 1. The summed E-state index contributed by atoms with van der Waals surface area (Å²) in [5.74, 6) is 0.640. The fraction of sp³-hybridized carbons (Fsp3) is 0.625. The van der Waals surface area contributed by atoms with Crippen LogP contribution in [0.2, 0.25) is 0 Å². The molecule has 0 radical (unpaired) electrons. The van der Waals surface area contributed by atoms with E-state index in [1.54, 1.807) is 4.68 Å². The molecule has 5 nitrogen and oxygen atoms in total. The van der Waals surface area contributed by atoms with E-state index in [0.29, 0.717) is 22.7 Å². The Balaban J connectivity index is 2.42. The molecule has 2 rings (SSSR count). The van der Waals surface area contributed by atoms with Crippen molar-refractivity contribution in [2.24, 2.45) is 5.73 Å². The lowest BCUT2D eigenvalue weighted by atomic mass is 10.2. The first-order valence-corrected chi connectivity index (χ1v) is 5.30. The zero-order valence-electron chi connectivity index (χ0n) is 7.61. The maximum atomic E-state index is 9.67. The molecule has 1 aromatic heterocycles. The second-order valence-electron chi connectivity index (χ2n) is 3.19. The number of aryl methyl sites for hydroxylation is 1. The molecular weight excluding hydrogens is 250 g/mol. The van der Waals surface area contributed by atoms with Gasteiger partial charge < -0.3 is 15.6 Å². The summed E-state index contributed by atoms with van der Waals surface area (Å²) >= 11 is 3.29. The van der Waals surface area contributed by atoms with E-state index in [0.717, 1.165) is 13.0 Å². The van der Waals surface area contributed by atoms with Gasteiger partial charge in [-0.3, -0.25) is 0 Å². The van der Waals surface area contributed by atoms with Crippen molar-refractivity contribution >= 4 is 15.9 Å². The molecule has 0 saturated carbocycles. The van der Waals surface area contributed by atoms with Crippen molar-refractivity contribution in [2.75, 3.05) is 13.2 Å². The van der Waals surface area contributed by atoms with Gasteiger partial charge in [-0.2, -0.15) is 5.10 Å². The fourth-order valence-corrected chi connectivity index (χ4v) is 2.14. The van der Waals surface area contributed by atoms with Gasteiger partial charge in [-0.05, 0) is 15.9 Å². The molecule has 0 spiro atoms. The van der Waals surface area contributed by atoms with E-state index in [1.165, 1.54) is 0 Å². The molecule has 0 bridgehead atoms. The molecule has 6 heteroatoms. The third kappa shape index (κ3) is 1.53. The first-order valence-electron chi connectivity index (χ1n) is 4.51. The Labute approximate surface area is 90.0 Å². The number of aliphatic hydroxyl groups is 1. The van der Waals surface area contributed by atoms with Crippen LogP contribution in [0.25, 0.3) is 0 Å². The zero-order chi connectivity index (χ0) is 10.1. The van der Waals surface area contributed by atoms with Gasteiger partial charge in [-0.15, -0.1) is 0 Å². The van der Waals surface area contributed by atoms with Gasteiger partial charge in [0.2, 0.25) is 5.88 Å². The van der Waals surface area contributed by atoms with Gasteiger partial charge >= 0.3 is 0 Å². The molecule has 0 saturated heterocycles. The van der Waals surface area contributed by atoms with Gasteiger partial charge in [0.1, 0.15) is 4.60 Å². The Bertz CT molecular complexity index is 340. The molecule has 2 heterocycles. The van der Waals surface area contributed by atoms with Gasteiger partial charge in [0, 0.05) is 19.5 Å². The number of fused-ring (bicyclic) bond motifs is 1. The normalized spacial score (nSPS) is 17.4. The van der Waals surface area contributed by atoms with Crippen LogP contribution in [-0.4, -0.2) is 28.0 Å². The standard InChI is InChI=1S/C8H12BrN3O2/c9-7-6(5(13)4-10)8-12(11-7)2-1-3-14-8/h5,13H,1-4,10H2. The summed E-state index contributed by atoms with van der Waals surface area (Å²) in [5, 5.41) is 13.9. The summed E-state index contributed by atoms with van der Waals surface area (Å²) in [5.41, 5.74) is 6.06. The summed E-state index contributed by atoms with van der Waals surface area (Å²) in [6.45, 7) is 1.66. The van der Waals surface area contributed by atoms with E-state index in [-0.39, 0.29) is 6.54 Å². The van der Waals surface area contributed by atoms with Gasteiger partial charge in [0.15, 0.2) is 0 Å². The van der Waals surface area contributed by atoms with Crippen molar-refractivity contribution < 1.29 is 9.84 Å². The van der Waals surface area contributed by atoms with Crippen LogP contribution in [0.1, 0.15) is 18.1 Å². The van der Waals surface area contributed by atoms with E-state index in [4.69, 9.17) is 10.5 Å². The van der Waals surface area contributed by atoms with Crippen LogP contribution in [0, 0.1) is 0 Å². The van der Waals surface area contributed by atoms with E-state index in [2.05, 4.69) is 21.0 Å². The van der Waals surface area contributed by atoms with Crippen molar-refractivity contribution in [1.82, 2.24) is 9.78 Å². The number of hydrogen-bond donors (Lipinski definition) is 2. The highest BCUT2D eigenvalue weighted by molar-refractivity contribution is 9.10. The van der Waals surface area contributed by atoms with Gasteiger partial charge in [-0.25, -0.2) is 4.68 Å². The highest BCUT2D eigenvalue weighted by Gasteiger charge is 2.25. The number of nitrogens with zero attached hydrogens (tertiary/aromatic N) is 2. The van der Waals surface area contributed by atoms with Crippen LogP contribution in [0.15, 0.2) is 4.60 Å². The van der Waals surface area contributed by atoms with E-state index >= 15 is 0 Å². The third-order valence-electron chi connectivity index (χ3n) is 2.21. The average molecular weight is 262 g/mol. The van der Waals surface area contributed by atoms with Crippen molar-refractivity contribution in [1.29, 1.82) is 0 Å². The number of halogens is 1. The van der Waals surface area contributed by atoms with Crippen LogP contribution in [0.3, 0.4) is 0 Å². The molecule has 1 aromatic rings. The predicted octanol–water partition coefficient (Wildman–Crippen LogP) is 0.420. The first-order chi connectivity index (χ1) is 6.74. The fourth-order valence-electron chi connectivity index (χ4n) is 1.52. The first kappa shape index (κ1) is 9.95. The lowest BCUT2D eigenvalue weighted by Gasteiger charge is -2.17. The number of nitrogens with two attached hydrogens (primary N) is 1. The van der Waals surface area contributed by atoms with Crippen molar-refractivity contribution in [3.8, 4) is 5.88 Å². The molecule has 0 fully saturated rings. The molecule has 0 aliphatic carbocycles. The summed E-state index contributed by atoms with van der Waals surface area (Å²) in [4.78, 5) is 0. The molecule has 1 atom stereocenters. The van der Waals surface area contributed by atoms with Crippen molar-refractivity contribution in [2.45, 2.75) is 19.1 Å². The largest absolute Gasteiger partial charge is 0.477 e. The second kappa shape index (κ2) is 3.88. The summed E-state index contributed by atoms with van der Waals surface area (Å²) in [7, 11) is 0. The molecule has 1 aliphatic heterocycles. The molecule has 0 aromatic carbocycles. The van der Waals surface area contributed by atoms with E-state index < -0.39 is 6.10 Å². The summed E-state index contributed by atoms with van der Waals surface area (Å²) in [6, 6.07) is 0. The minimum Gasteiger partial charge on any atom is -0.477 e. The smallest absolute Gasteiger partial charge is 0.218 e. The Morgan fingerprint density at radius 1 is 1.71 bits per heavy atom. The summed E-state index contributed by atoms with van der Waals surface area (Å²) < 4.78 is 7.82. The van der Waals surface area contributed by atoms with Crippen molar-refractivity contribution in [3.63, 3.8) is 0 Å². The molecule has 0 amide bonds. The number of rotatable bonds is 2. The zero-order valence-corrected chi connectivity index (χ0v) is 9.20. The predicted molar refractivity (Wildman–Crippen MR) is 54.1 cm³/mol. The molecular formula is C8H12BrN3O2. The third-order valence-corrected chi connectivity index (χ3v) is 2.79. The highest BCUT2D eigenvalue weighted by atomic mass is 79.9. The minimum absolute atomic E-state index is 0.167. The lowest BCUT2D eigenvalue weighted by molar-refractivity contribution is 0.170. The maximum absolute atomic E-state index is 9.67. The van der Waals surface area contributed by atoms with Crippen LogP contribution in [0.5, 0.6) is 5.88 Å². The maximum Gasteiger partial charge on any atom is 0.218 e. The quantitative estimate of drug-likeness (QED) is 0.810. The highest BCUT2D eigenvalue weighted by Crippen LogP contribution is 2.33. The van der Waals surface area contributed by atoms with Crippen LogP contribution in [-0.2, 0) is 6.54 Å². The monoisotopic (exact) mass is 261 g/mol. The Kier molecular flexibility index (Phi) is 2.76. The van der Waals surface area contributed by atoms with Gasteiger partial charge in [0.25, 0.3) is 0 Å². The van der Waals surface area contributed by atoms with Crippen LogP contribution < -0.4 is 10.5 Å². The summed E-state index contributed by atoms with van der Waals surface area (Å²) in [6.07, 6.45) is 0.227. The number of hydrogen-bond acceptors (Lipinski definition) is 4. The SMILES string of the molecule is NCC(O)c1c(Br)nn2c1OCCC2. The molecule has 14 heavy (non-hydrogen) atoms. The molecule has 3 N–H and O–H groups in total. The minimum atomic E-state index is -0.716. The van der Waals surface area contributed by atoms with Gasteiger partial charge in [0.05, 0.1) is 18.3 Å². The number of aliphatic hydroxyl groups excluding tert-OH is 1. The molecule has 1 aliphatic rings. The van der Waals surface area contributed by atoms with E-state index in [9.17, 15) is 5.11 Å². The Morgan fingerprint density at radius 3 is 3.21 bits per heavy atom.